The third-order valence-electron chi connectivity index (χ3n) is 5.74. The van der Waals surface area contributed by atoms with Crippen LogP contribution in [0, 0.1) is 6.92 Å². The zero-order chi connectivity index (χ0) is 28.4. The van der Waals surface area contributed by atoms with Crippen LogP contribution in [0.3, 0.4) is 0 Å². The minimum Gasteiger partial charge on any atom is -0.462 e. The monoisotopic (exact) mass is 568 g/mol. The summed E-state index contributed by atoms with van der Waals surface area (Å²) in [5.41, 5.74) is 0.842. The predicted molar refractivity (Wildman–Crippen MR) is 143 cm³/mol. The highest BCUT2D eigenvalue weighted by molar-refractivity contribution is 7.18. The van der Waals surface area contributed by atoms with Gasteiger partial charge in [0.1, 0.15) is 5.00 Å². The average Bonchev–Trinajstić information content (AvgIpc) is 3.36. The summed E-state index contributed by atoms with van der Waals surface area (Å²) < 4.78 is 10.1. The van der Waals surface area contributed by atoms with E-state index >= 15 is 0 Å². The number of carbonyl (C=O) groups is 6. The van der Waals surface area contributed by atoms with E-state index in [2.05, 4.69) is 5.32 Å². The first-order valence-electron chi connectivity index (χ1n) is 11.6. The van der Waals surface area contributed by atoms with Crippen LogP contribution >= 0.6 is 22.9 Å². The molecule has 0 spiro atoms. The van der Waals surface area contributed by atoms with E-state index in [4.69, 9.17) is 21.1 Å². The topological polar surface area (TPSA) is 136 Å². The van der Waals surface area contributed by atoms with Crippen LogP contribution in [0.1, 0.15) is 70.5 Å². The second-order valence-electron chi connectivity index (χ2n) is 8.34. The van der Waals surface area contributed by atoms with Gasteiger partial charge in [-0.3, -0.25) is 19.2 Å². The van der Waals surface area contributed by atoms with Crippen LogP contribution in [-0.4, -0.2) is 48.7 Å². The lowest BCUT2D eigenvalue weighted by Crippen LogP contribution is -2.29. The van der Waals surface area contributed by atoms with E-state index in [0.717, 1.165) is 16.2 Å². The van der Waals surface area contributed by atoms with Crippen LogP contribution < -0.4 is 10.2 Å². The molecule has 0 fully saturated rings. The number of hydrogen-bond donors (Lipinski definition) is 1. The van der Waals surface area contributed by atoms with Gasteiger partial charge < -0.3 is 14.8 Å². The number of benzene rings is 2. The number of ether oxygens (including phenoxy) is 2. The third kappa shape index (κ3) is 5.45. The lowest BCUT2D eigenvalue weighted by atomic mass is 10.1. The molecule has 0 saturated heterocycles. The fourth-order valence-electron chi connectivity index (χ4n) is 3.96. The van der Waals surface area contributed by atoms with E-state index in [-0.39, 0.29) is 44.5 Å². The van der Waals surface area contributed by atoms with Gasteiger partial charge in [-0.05, 0) is 68.8 Å². The van der Waals surface area contributed by atoms with Crippen LogP contribution in [0.15, 0.2) is 42.5 Å². The maximum atomic E-state index is 12.9. The molecular weight excluding hydrogens is 548 g/mol. The number of carbonyl (C=O) groups excluding carboxylic acids is 6. The summed E-state index contributed by atoms with van der Waals surface area (Å²) in [5, 5.41) is 3.03. The maximum absolute atomic E-state index is 12.9. The normalized spacial score (nSPS) is 12.3. The fraction of sp³-hybridized carbons (Fsp3) is 0.185. The number of nitrogens with one attached hydrogen (secondary N) is 1. The first-order valence-corrected chi connectivity index (χ1v) is 12.8. The van der Waals surface area contributed by atoms with Gasteiger partial charge in [-0.2, -0.15) is 0 Å². The summed E-state index contributed by atoms with van der Waals surface area (Å²) in [6, 6.07) is 10.0. The van der Waals surface area contributed by atoms with E-state index in [1.165, 1.54) is 37.3 Å². The number of Topliss-reactive ketones (excluding diaryl/α,β-unsaturated/α-hetero) is 1. The fourth-order valence-corrected chi connectivity index (χ4v) is 5.19. The number of hydrogen-bond acceptors (Lipinski definition) is 9. The molecule has 3 amide bonds. The van der Waals surface area contributed by atoms with Crippen molar-refractivity contribution in [2.75, 3.05) is 23.4 Å². The summed E-state index contributed by atoms with van der Waals surface area (Å²) in [6.07, 6.45) is 0. The molecule has 2 heterocycles. The Morgan fingerprint density at radius 3 is 2.26 bits per heavy atom. The quantitative estimate of drug-likeness (QED) is 0.235. The molecule has 3 aromatic rings. The molecule has 0 bridgehead atoms. The van der Waals surface area contributed by atoms with Gasteiger partial charge in [0.15, 0.2) is 12.4 Å². The minimum atomic E-state index is -0.907. The molecule has 0 unspecified atom stereocenters. The second-order valence-corrected chi connectivity index (χ2v) is 9.80. The standard InChI is InChI=1S/C27H21ClN2O8S/c1-4-37-27(36)21-13(2)22(14(3)31)39-23(21)29-20(32)12-38-26(35)15-5-10-18-19(11-15)25(34)30(24(18)33)17-8-6-16(28)7-9-17/h5-11H,4,12H2,1-3H3,(H,29,32). The van der Waals surface area contributed by atoms with E-state index in [0.29, 0.717) is 16.3 Å². The van der Waals surface area contributed by atoms with Gasteiger partial charge in [0.2, 0.25) is 0 Å². The van der Waals surface area contributed by atoms with Crippen molar-refractivity contribution in [3.63, 3.8) is 0 Å². The van der Waals surface area contributed by atoms with Gasteiger partial charge in [0, 0.05) is 5.02 Å². The molecule has 0 aliphatic carbocycles. The number of nitrogens with zero attached hydrogens (tertiary/aromatic N) is 1. The molecule has 1 aliphatic heterocycles. The van der Waals surface area contributed by atoms with Gasteiger partial charge >= 0.3 is 11.9 Å². The number of esters is 2. The summed E-state index contributed by atoms with van der Waals surface area (Å²) >= 11 is 6.80. The van der Waals surface area contributed by atoms with Crippen molar-refractivity contribution in [3.8, 4) is 0 Å². The van der Waals surface area contributed by atoms with Crippen molar-refractivity contribution in [3.05, 3.63) is 80.2 Å². The Hall–Kier alpha value is -4.35. The number of thiophene rings is 1. The Morgan fingerprint density at radius 1 is 0.949 bits per heavy atom. The van der Waals surface area contributed by atoms with Crippen molar-refractivity contribution in [1.29, 1.82) is 0 Å². The van der Waals surface area contributed by atoms with Crippen molar-refractivity contribution < 1.29 is 38.2 Å². The predicted octanol–water partition coefficient (Wildman–Crippen LogP) is 4.69. The van der Waals surface area contributed by atoms with E-state index in [1.807, 2.05) is 0 Å². The summed E-state index contributed by atoms with van der Waals surface area (Å²) in [7, 11) is 0. The highest BCUT2D eigenvalue weighted by atomic mass is 35.5. The lowest BCUT2D eigenvalue weighted by molar-refractivity contribution is -0.119. The van der Waals surface area contributed by atoms with Crippen LogP contribution in [0.25, 0.3) is 0 Å². The summed E-state index contributed by atoms with van der Waals surface area (Å²) in [4.78, 5) is 76.5. The van der Waals surface area contributed by atoms with E-state index in [1.54, 1.807) is 26.0 Å². The molecule has 39 heavy (non-hydrogen) atoms. The highest BCUT2D eigenvalue weighted by Crippen LogP contribution is 2.34. The third-order valence-corrected chi connectivity index (χ3v) is 7.30. The van der Waals surface area contributed by atoms with Gasteiger partial charge in [0.05, 0.1) is 39.4 Å². The zero-order valence-electron chi connectivity index (χ0n) is 21.0. The van der Waals surface area contributed by atoms with Crippen LogP contribution in [-0.2, 0) is 14.3 Å². The van der Waals surface area contributed by atoms with Crippen LogP contribution in [0.5, 0.6) is 0 Å². The lowest BCUT2D eigenvalue weighted by Gasteiger charge is -2.13. The number of anilines is 2. The molecule has 4 rings (SSSR count). The second kappa shape index (κ2) is 11.2. The van der Waals surface area contributed by atoms with Crippen molar-refractivity contribution >= 4 is 69.1 Å². The largest absolute Gasteiger partial charge is 0.462 e. The molecule has 0 atom stereocenters. The Balaban J connectivity index is 1.46. The summed E-state index contributed by atoms with van der Waals surface area (Å²) in [6.45, 7) is 3.92. The van der Waals surface area contributed by atoms with E-state index in [9.17, 15) is 28.8 Å². The van der Waals surface area contributed by atoms with Gasteiger partial charge in [-0.25, -0.2) is 14.5 Å². The SMILES string of the molecule is CCOC(=O)c1c(NC(=O)COC(=O)c2ccc3c(c2)C(=O)N(c2ccc(Cl)cc2)C3=O)sc(C(C)=O)c1C. The Labute approximate surface area is 231 Å². The van der Waals surface area contributed by atoms with Crippen LogP contribution in [0.4, 0.5) is 10.7 Å². The molecule has 200 valence electrons. The highest BCUT2D eigenvalue weighted by Gasteiger charge is 2.37. The van der Waals surface area contributed by atoms with Gasteiger partial charge in [-0.15, -0.1) is 11.3 Å². The molecule has 1 aromatic heterocycles. The zero-order valence-corrected chi connectivity index (χ0v) is 22.5. The number of fused-ring (bicyclic) bond motifs is 1. The number of halogens is 1. The van der Waals surface area contributed by atoms with Gasteiger partial charge in [-0.1, -0.05) is 11.6 Å². The maximum Gasteiger partial charge on any atom is 0.341 e. The molecule has 0 radical (unpaired) electrons. The first kappa shape index (κ1) is 27.7. The number of rotatable bonds is 8. The summed E-state index contributed by atoms with van der Waals surface area (Å²) in [5.74, 6) is -3.82. The molecule has 1 N–H and O–H groups in total. The number of imide groups is 1. The molecular formula is C27H21ClN2O8S. The van der Waals surface area contributed by atoms with E-state index < -0.39 is 36.3 Å². The van der Waals surface area contributed by atoms with Crippen molar-refractivity contribution in [2.45, 2.75) is 20.8 Å². The Bertz CT molecular complexity index is 1540. The Morgan fingerprint density at radius 2 is 1.62 bits per heavy atom. The molecule has 1 aliphatic rings. The number of amides is 3. The van der Waals surface area contributed by atoms with Gasteiger partial charge in [0.25, 0.3) is 17.7 Å². The molecule has 10 nitrogen and oxygen atoms in total. The molecule has 0 saturated carbocycles. The molecule has 2 aromatic carbocycles. The smallest absolute Gasteiger partial charge is 0.341 e. The molecule has 12 heteroatoms. The van der Waals surface area contributed by atoms with Crippen molar-refractivity contribution in [2.24, 2.45) is 0 Å². The first-order chi connectivity index (χ1) is 18.5. The average molecular weight is 569 g/mol. The van der Waals surface area contributed by atoms with Crippen molar-refractivity contribution in [1.82, 2.24) is 0 Å². The number of ketones is 1. The van der Waals surface area contributed by atoms with Crippen LogP contribution in [0.2, 0.25) is 5.02 Å². The minimum absolute atomic E-state index is 0.0127. The Kier molecular flexibility index (Phi) is 7.93.